The molecular weight excluding hydrogens is 364 g/mol. The summed E-state index contributed by atoms with van der Waals surface area (Å²) in [6.45, 7) is 4.69. The summed E-state index contributed by atoms with van der Waals surface area (Å²) in [4.78, 5) is 12.5. The summed E-state index contributed by atoms with van der Waals surface area (Å²) in [5.41, 5.74) is 2.23. The summed E-state index contributed by atoms with van der Waals surface area (Å²) in [5, 5.41) is 2.82. The molecule has 0 spiro atoms. The zero-order valence-corrected chi connectivity index (χ0v) is 16.3. The summed E-state index contributed by atoms with van der Waals surface area (Å²) in [7, 11) is -3.81. The predicted molar refractivity (Wildman–Crippen MR) is 104 cm³/mol. The molecule has 0 unspecified atom stereocenters. The second-order valence-electron chi connectivity index (χ2n) is 6.75. The molecule has 1 aliphatic heterocycles. The molecular formula is C20H24N2O4S. The van der Waals surface area contributed by atoms with E-state index >= 15 is 0 Å². The molecule has 2 N–H and O–H groups in total. The minimum atomic E-state index is -3.81. The number of carbonyl (C=O) groups is 1. The third-order valence-corrected chi connectivity index (χ3v) is 6.15. The van der Waals surface area contributed by atoms with Gasteiger partial charge in [-0.2, -0.15) is 0 Å². The van der Waals surface area contributed by atoms with Gasteiger partial charge in [0.1, 0.15) is 0 Å². The maximum absolute atomic E-state index is 12.9. The van der Waals surface area contributed by atoms with Gasteiger partial charge in [-0.05, 0) is 56.0 Å². The smallest absolute Gasteiger partial charge is 0.262 e. The third-order valence-electron chi connectivity index (χ3n) is 4.64. The van der Waals surface area contributed by atoms with Crippen molar-refractivity contribution in [3.8, 4) is 0 Å². The Labute approximate surface area is 160 Å². The minimum absolute atomic E-state index is 0.0327. The molecule has 6 nitrogen and oxygen atoms in total. The number of hydrogen-bond donors (Lipinski definition) is 2. The molecule has 7 heteroatoms. The fourth-order valence-corrected chi connectivity index (χ4v) is 4.43. The number of hydrogen-bond acceptors (Lipinski definition) is 4. The zero-order valence-electron chi connectivity index (χ0n) is 15.5. The summed E-state index contributed by atoms with van der Waals surface area (Å²) in [6.07, 6.45) is 1.96. The number of carbonyl (C=O) groups excluding carboxylic acids is 1. The molecule has 1 aliphatic rings. The highest BCUT2D eigenvalue weighted by atomic mass is 32.2. The number of rotatable bonds is 6. The average Bonchev–Trinajstić information content (AvgIpc) is 3.15. The number of aryl methyl sites for hydroxylation is 2. The lowest BCUT2D eigenvalue weighted by atomic mass is 10.1. The van der Waals surface area contributed by atoms with Crippen molar-refractivity contribution in [3.63, 3.8) is 0 Å². The van der Waals surface area contributed by atoms with Crippen LogP contribution in [0.25, 0.3) is 0 Å². The fourth-order valence-electron chi connectivity index (χ4n) is 3.03. The predicted octanol–water partition coefficient (Wildman–Crippen LogP) is 3.01. The second-order valence-corrected chi connectivity index (χ2v) is 8.40. The maximum Gasteiger partial charge on any atom is 0.262 e. The van der Waals surface area contributed by atoms with Gasteiger partial charge in [-0.15, -0.1) is 0 Å². The first-order valence-corrected chi connectivity index (χ1v) is 10.4. The summed E-state index contributed by atoms with van der Waals surface area (Å²) in [5.74, 6) is -0.308. The van der Waals surface area contributed by atoms with Crippen LogP contribution in [0.3, 0.4) is 0 Å². The van der Waals surface area contributed by atoms with Crippen LogP contribution in [0.15, 0.2) is 47.4 Å². The molecule has 2 aromatic carbocycles. The normalized spacial score (nSPS) is 16.9. The van der Waals surface area contributed by atoms with E-state index in [0.717, 1.165) is 25.0 Å². The maximum atomic E-state index is 12.9. The van der Waals surface area contributed by atoms with Crippen molar-refractivity contribution in [1.29, 1.82) is 0 Å². The number of nitrogens with one attached hydrogen (secondary N) is 2. The molecule has 0 aliphatic carbocycles. The fraction of sp³-hybridized carbons (Fsp3) is 0.350. The molecule has 1 atom stereocenters. The van der Waals surface area contributed by atoms with Crippen LogP contribution in [-0.2, 0) is 14.8 Å². The van der Waals surface area contributed by atoms with Gasteiger partial charge in [-0.1, -0.05) is 24.3 Å². The molecule has 1 saturated heterocycles. The van der Waals surface area contributed by atoms with Crippen LogP contribution in [0.1, 0.15) is 34.3 Å². The monoisotopic (exact) mass is 388 g/mol. The molecule has 27 heavy (non-hydrogen) atoms. The first kappa shape index (κ1) is 19.4. The lowest BCUT2D eigenvalue weighted by Crippen LogP contribution is -2.32. The van der Waals surface area contributed by atoms with Crippen molar-refractivity contribution in [1.82, 2.24) is 5.32 Å². The zero-order chi connectivity index (χ0) is 19.4. The summed E-state index contributed by atoms with van der Waals surface area (Å²) >= 11 is 0. The van der Waals surface area contributed by atoms with E-state index in [1.54, 1.807) is 31.2 Å². The van der Waals surface area contributed by atoms with Gasteiger partial charge in [0.15, 0.2) is 0 Å². The highest BCUT2D eigenvalue weighted by molar-refractivity contribution is 7.92. The van der Waals surface area contributed by atoms with E-state index in [9.17, 15) is 13.2 Å². The molecule has 0 aromatic heterocycles. The Morgan fingerprint density at radius 3 is 2.63 bits per heavy atom. The average molecular weight is 388 g/mol. The number of ether oxygens (including phenoxy) is 1. The van der Waals surface area contributed by atoms with E-state index < -0.39 is 10.0 Å². The molecule has 1 fully saturated rings. The molecule has 0 radical (unpaired) electrons. The van der Waals surface area contributed by atoms with Crippen LogP contribution in [-0.4, -0.2) is 33.6 Å². The minimum Gasteiger partial charge on any atom is -0.376 e. The molecule has 2 aromatic rings. The molecule has 144 valence electrons. The van der Waals surface area contributed by atoms with Crippen molar-refractivity contribution >= 4 is 21.6 Å². The van der Waals surface area contributed by atoms with Gasteiger partial charge < -0.3 is 10.1 Å². The van der Waals surface area contributed by atoms with Crippen LogP contribution in [0, 0.1) is 13.8 Å². The lowest BCUT2D eigenvalue weighted by molar-refractivity contribution is 0.0857. The third kappa shape index (κ3) is 4.67. The van der Waals surface area contributed by atoms with Gasteiger partial charge in [0, 0.05) is 18.7 Å². The van der Waals surface area contributed by atoms with Crippen molar-refractivity contribution in [3.05, 3.63) is 59.2 Å². The lowest BCUT2D eigenvalue weighted by Gasteiger charge is -2.14. The second kappa shape index (κ2) is 8.10. The van der Waals surface area contributed by atoms with E-state index in [0.29, 0.717) is 23.4 Å². The highest BCUT2D eigenvalue weighted by Crippen LogP contribution is 2.23. The van der Waals surface area contributed by atoms with Gasteiger partial charge in [-0.3, -0.25) is 9.52 Å². The topological polar surface area (TPSA) is 84.5 Å². The van der Waals surface area contributed by atoms with Crippen LogP contribution < -0.4 is 10.0 Å². The van der Waals surface area contributed by atoms with Gasteiger partial charge in [0.2, 0.25) is 0 Å². The van der Waals surface area contributed by atoms with Gasteiger partial charge in [0.25, 0.3) is 15.9 Å². The van der Waals surface area contributed by atoms with Crippen molar-refractivity contribution in [2.24, 2.45) is 0 Å². The standard InChI is InChI=1S/C20H24N2O4S/c1-14-6-3-4-8-18(14)22-27(24,25)19-12-16(10-9-15(19)2)20(23)21-13-17-7-5-11-26-17/h3-4,6,8-10,12,17,22H,5,7,11,13H2,1-2H3,(H,21,23)/t17-/m1/s1. The Balaban J connectivity index is 1.79. The molecule has 3 rings (SSSR count). The quantitative estimate of drug-likeness (QED) is 0.797. The van der Waals surface area contributed by atoms with Crippen LogP contribution in [0.5, 0.6) is 0 Å². The van der Waals surface area contributed by atoms with Crippen LogP contribution in [0.4, 0.5) is 5.69 Å². The van der Waals surface area contributed by atoms with Crippen molar-refractivity contribution in [2.75, 3.05) is 17.9 Å². The Morgan fingerprint density at radius 2 is 1.93 bits per heavy atom. The molecule has 1 heterocycles. The number of sulfonamides is 1. The van der Waals surface area contributed by atoms with Crippen LogP contribution >= 0.6 is 0 Å². The van der Waals surface area contributed by atoms with Gasteiger partial charge in [-0.25, -0.2) is 8.42 Å². The van der Waals surface area contributed by atoms with Crippen LogP contribution in [0.2, 0.25) is 0 Å². The number of benzene rings is 2. The number of amides is 1. The Kier molecular flexibility index (Phi) is 5.82. The van der Waals surface area contributed by atoms with Crippen molar-refractivity contribution < 1.29 is 17.9 Å². The summed E-state index contributed by atoms with van der Waals surface area (Å²) in [6, 6.07) is 11.9. The first-order chi connectivity index (χ1) is 12.9. The number of para-hydroxylation sites is 1. The molecule has 0 saturated carbocycles. The van der Waals surface area contributed by atoms with Gasteiger partial charge in [0.05, 0.1) is 16.7 Å². The van der Waals surface area contributed by atoms with E-state index in [1.807, 2.05) is 19.1 Å². The van der Waals surface area contributed by atoms with E-state index in [1.165, 1.54) is 6.07 Å². The molecule has 1 amide bonds. The van der Waals surface area contributed by atoms with Gasteiger partial charge >= 0.3 is 0 Å². The highest BCUT2D eigenvalue weighted by Gasteiger charge is 2.21. The summed E-state index contributed by atoms with van der Waals surface area (Å²) < 4.78 is 33.8. The van der Waals surface area contributed by atoms with E-state index in [4.69, 9.17) is 4.74 Å². The van der Waals surface area contributed by atoms with E-state index in [-0.39, 0.29) is 16.9 Å². The van der Waals surface area contributed by atoms with Crippen molar-refractivity contribution in [2.45, 2.75) is 37.7 Å². The Bertz CT molecular complexity index is 935. The SMILES string of the molecule is Cc1ccccc1NS(=O)(=O)c1cc(C(=O)NC[C@H]2CCCO2)ccc1C. The van der Waals surface area contributed by atoms with E-state index in [2.05, 4.69) is 10.0 Å². The largest absolute Gasteiger partial charge is 0.376 e. The first-order valence-electron chi connectivity index (χ1n) is 8.96. The molecule has 0 bridgehead atoms. The Hall–Kier alpha value is -2.38. The number of anilines is 1. The Morgan fingerprint density at radius 1 is 1.15 bits per heavy atom.